The van der Waals surface area contributed by atoms with Gasteiger partial charge in [0.25, 0.3) is 5.91 Å². The highest BCUT2D eigenvalue weighted by Crippen LogP contribution is 2.31. The summed E-state index contributed by atoms with van der Waals surface area (Å²) in [5, 5.41) is 2.92. The van der Waals surface area contributed by atoms with Crippen LogP contribution in [-0.4, -0.2) is 29.6 Å². The Hall–Kier alpha value is -2.41. The van der Waals surface area contributed by atoms with Crippen molar-refractivity contribution in [3.05, 3.63) is 46.5 Å². The molecule has 2 aromatic rings. The van der Waals surface area contributed by atoms with Gasteiger partial charge in [-0.25, -0.2) is 14.4 Å². The van der Waals surface area contributed by atoms with Crippen molar-refractivity contribution in [3.63, 3.8) is 0 Å². The van der Waals surface area contributed by atoms with Crippen LogP contribution in [0.5, 0.6) is 11.8 Å². The fraction of sp³-hybridized carbons (Fsp3) is 0.353. The molecule has 0 spiro atoms. The zero-order valence-corrected chi connectivity index (χ0v) is 14.3. The molecule has 1 fully saturated rings. The molecule has 2 heterocycles. The monoisotopic (exact) mass is 365 g/mol. The summed E-state index contributed by atoms with van der Waals surface area (Å²) >= 11 is 6.13. The van der Waals surface area contributed by atoms with Crippen molar-refractivity contribution in [3.8, 4) is 11.8 Å². The van der Waals surface area contributed by atoms with Crippen molar-refractivity contribution in [1.82, 2.24) is 15.3 Å². The Kier molecular flexibility index (Phi) is 5.33. The number of carbonyl (C=O) groups excluding carboxylic acids is 1. The molecule has 0 bridgehead atoms. The molecule has 1 aliphatic carbocycles. The molecule has 0 atom stereocenters. The van der Waals surface area contributed by atoms with E-state index in [1.54, 1.807) is 0 Å². The Balaban J connectivity index is 1.69. The van der Waals surface area contributed by atoms with Gasteiger partial charge in [0.1, 0.15) is 5.56 Å². The second kappa shape index (κ2) is 7.65. The number of pyridine rings is 2. The minimum Gasteiger partial charge on any atom is -0.479 e. The van der Waals surface area contributed by atoms with E-state index in [1.807, 2.05) is 0 Å². The number of ether oxygens (including phenoxy) is 2. The summed E-state index contributed by atoms with van der Waals surface area (Å²) in [5.41, 5.74) is 0.666. The Bertz CT molecular complexity index is 784. The lowest BCUT2D eigenvalue weighted by Gasteiger charge is -2.12. The average Bonchev–Trinajstić information content (AvgIpc) is 3.42. The largest absolute Gasteiger partial charge is 0.479 e. The number of methoxy groups -OCH3 is 1. The van der Waals surface area contributed by atoms with Crippen molar-refractivity contribution >= 4 is 17.5 Å². The van der Waals surface area contributed by atoms with Gasteiger partial charge in [-0.1, -0.05) is 11.6 Å². The molecule has 1 N–H and O–H groups in total. The fourth-order valence-electron chi connectivity index (χ4n) is 2.20. The van der Waals surface area contributed by atoms with E-state index in [-0.39, 0.29) is 28.9 Å². The molecule has 6 nitrogen and oxygen atoms in total. The number of hydrogen-bond donors (Lipinski definition) is 1. The van der Waals surface area contributed by atoms with Crippen LogP contribution in [0.15, 0.2) is 24.5 Å². The zero-order chi connectivity index (χ0) is 17.8. The Morgan fingerprint density at radius 3 is 2.88 bits per heavy atom. The lowest BCUT2D eigenvalue weighted by molar-refractivity contribution is 0.0945. The standard InChI is InChI=1S/C17H17ClFN3O3/c1-24-16-13(19)6-11(8-22-16)7-21-15(23)14-12(18)4-5-20-17(14)25-9-10-2-3-10/h4-6,8,10H,2-3,7,9H2,1H3,(H,21,23). The second-order valence-corrected chi connectivity index (χ2v) is 6.15. The van der Waals surface area contributed by atoms with E-state index in [2.05, 4.69) is 15.3 Å². The maximum absolute atomic E-state index is 13.7. The molecule has 3 rings (SSSR count). The molecule has 132 valence electrons. The smallest absolute Gasteiger partial charge is 0.258 e. The molecule has 0 unspecified atom stereocenters. The van der Waals surface area contributed by atoms with E-state index in [0.29, 0.717) is 18.1 Å². The number of hydrogen-bond acceptors (Lipinski definition) is 5. The van der Waals surface area contributed by atoms with Gasteiger partial charge in [-0.05, 0) is 36.5 Å². The van der Waals surface area contributed by atoms with Gasteiger partial charge in [0.2, 0.25) is 11.8 Å². The van der Waals surface area contributed by atoms with E-state index in [1.165, 1.54) is 31.6 Å². The van der Waals surface area contributed by atoms with Crippen LogP contribution in [0.1, 0.15) is 28.8 Å². The number of carbonyl (C=O) groups is 1. The van der Waals surface area contributed by atoms with Crippen LogP contribution >= 0.6 is 11.6 Å². The maximum atomic E-state index is 13.7. The van der Waals surface area contributed by atoms with E-state index < -0.39 is 11.7 Å². The topological polar surface area (TPSA) is 73.3 Å². The van der Waals surface area contributed by atoms with Gasteiger partial charge in [-0.15, -0.1) is 0 Å². The highest BCUT2D eigenvalue weighted by molar-refractivity contribution is 6.34. The van der Waals surface area contributed by atoms with Gasteiger partial charge in [0.15, 0.2) is 5.82 Å². The third-order valence-corrected chi connectivity index (χ3v) is 4.07. The quantitative estimate of drug-likeness (QED) is 0.816. The lowest BCUT2D eigenvalue weighted by atomic mass is 10.2. The van der Waals surface area contributed by atoms with Crippen molar-refractivity contribution in [2.24, 2.45) is 5.92 Å². The second-order valence-electron chi connectivity index (χ2n) is 5.74. The molecule has 0 radical (unpaired) electrons. The van der Waals surface area contributed by atoms with E-state index in [4.69, 9.17) is 21.1 Å². The van der Waals surface area contributed by atoms with Gasteiger partial charge >= 0.3 is 0 Å². The van der Waals surface area contributed by atoms with Gasteiger partial charge in [-0.3, -0.25) is 4.79 Å². The van der Waals surface area contributed by atoms with Gasteiger partial charge in [-0.2, -0.15) is 0 Å². The number of nitrogens with one attached hydrogen (secondary N) is 1. The van der Waals surface area contributed by atoms with E-state index in [9.17, 15) is 9.18 Å². The molecular weight excluding hydrogens is 349 g/mol. The average molecular weight is 366 g/mol. The number of aromatic nitrogens is 2. The van der Waals surface area contributed by atoms with E-state index >= 15 is 0 Å². The molecule has 0 saturated heterocycles. The number of rotatable bonds is 7. The van der Waals surface area contributed by atoms with Gasteiger partial charge in [0.05, 0.1) is 18.7 Å². The number of amides is 1. The summed E-state index contributed by atoms with van der Waals surface area (Å²) in [7, 11) is 1.33. The van der Waals surface area contributed by atoms with Crippen molar-refractivity contribution in [2.45, 2.75) is 19.4 Å². The molecule has 25 heavy (non-hydrogen) atoms. The summed E-state index contributed by atoms with van der Waals surface area (Å²) in [6.07, 6.45) is 5.16. The van der Waals surface area contributed by atoms with Crippen LogP contribution in [0.2, 0.25) is 5.02 Å². The summed E-state index contributed by atoms with van der Waals surface area (Å²) in [4.78, 5) is 20.4. The van der Waals surface area contributed by atoms with Crippen LogP contribution in [0.4, 0.5) is 4.39 Å². The van der Waals surface area contributed by atoms with Gasteiger partial charge in [0, 0.05) is 18.9 Å². The Morgan fingerprint density at radius 1 is 1.40 bits per heavy atom. The molecule has 0 aliphatic heterocycles. The first-order valence-corrected chi connectivity index (χ1v) is 8.20. The van der Waals surface area contributed by atoms with Crippen molar-refractivity contribution in [1.29, 1.82) is 0 Å². The third-order valence-electron chi connectivity index (χ3n) is 3.76. The van der Waals surface area contributed by atoms with E-state index in [0.717, 1.165) is 12.8 Å². The summed E-state index contributed by atoms with van der Waals surface area (Å²) in [5.74, 6) is -0.413. The predicted molar refractivity (Wildman–Crippen MR) is 89.4 cm³/mol. The fourth-order valence-corrected chi connectivity index (χ4v) is 2.42. The third kappa shape index (κ3) is 4.36. The first-order valence-electron chi connectivity index (χ1n) is 7.82. The summed E-state index contributed by atoms with van der Waals surface area (Å²) < 4.78 is 24.0. The van der Waals surface area contributed by atoms with Crippen molar-refractivity contribution in [2.75, 3.05) is 13.7 Å². The molecular formula is C17H17ClFN3O3. The highest BCUT2D eigenvalue weighted by atomic mass is 35.5. The molecule has 1 saturated carbocycles. The van der Waals surface area contributed by atoms with Crippen LogP contribution in [0, 0.1) is 11.7 Å². The summed E-state index contributed by atoms with van der Waals surface area (Å²) in [6, 6.07) is 2.77. The molecule has 8 heteroatoms. The van der Waals surface area contributed by atoms with Crippen molar-refractivity contribution < 1.29 is 18.7 Å². The zero-order valence-electron chi connectivity index (χ0n) is 13.6. The molecule has 1 amide bonds. The SMILES string of the molecule is COc1ncc(CNC(=O)c2c(Cl)ccnc2OCC2CC2)cc1F. The Morgan fingerprint density at radius 2 is 2.20 bits per heavy atom. The van der Waals surface area contributed by atoms with Crippen LogP contribution in [-0.2, 0) is 6.54 Å². The van der Waals surface area contributed by atoms with Crippen LogP contribution in [0.25, 0.3) is 0 Å². The molecule has 1 aliphatic rings. The number of halogens is 2. The minimum absolute atomic E-state index is 0.0834. The first-order chi connectivity index (χ1) is 12.1. The van der Waals surface area contributed by atoms with Crippen LogP contribution < -0.4 is 14.8 Å². The highest BCUT2D eigenvalue weighted by Gasteiger charge is 2.24. The normalized spacial score (nSPS) is 13.4. The minimum atomic E-state index is -0.595. The number of nitrogens with zero attached hydrogens (tertiary/aromatic N) is 2. The predicted octanol–water partition coefficient (Wildman–Crippen LogP) is 3.00. The lowest BCUT2D eigenvalue weighted by Crippen LogP contribution is -2.24. The summed E-state index contributed by atoms with van der Waals surface area (Å²) in [6.45, 7) is 0.598. The Labute approximate surface area is 149 Å². The molecule has 0 aromatic carbocycles. The van der Waals surface area contributed by atoms with Crippen LogP contribution in [0.3, 0.4) is 0 Å². The van der Waals surface area contributed by atoms with Gasteiger partial charge < -0.3 is 14.8 Å². The molecule has 2 aromatic heterocycles. The first kappa shape index (κ1) is 17.4. The maximum Gasteiger partial charge on any atom is 0.258 e.